The Hall–Kier alpha value is -1.20. The van der Waals surface area contributed by atoms with E-state index in [0.717, 1.165) is 24.8 Å². The molecule has 1 aliphatic carbocycles. The summed E-state index contributed by atoms with van der Waals surface area (Å²) in [5, 5.41) is 0. The molecular weight excluding hydrogens is 332 g/mol. The first kappa shape index (κ1) is 21.8. The van der Waals surface area contributed by atoms with Gasteiger partial charge in [0.15, 0.2) is 14.1 Å². The van der Waals surface area contributed by atoms with Crippen molar-refractivity contribution in [3.05, 3.63) is 22.8 Å². The monoisotopic (exact) mass is 366 g/mol. The molecule has 0 spiro atoms. The van der Waals surface area contributed by atoms with Crippen LogP contribution in [0.25, 0.3) is 0 Å². The average molecular weight is 367 g/mol. The van der Waals surface area contributed by atoms with Gasteiger partial charge in [-0.3, -0.25) is 4.79 Å². The van der Waals surface area contributed by atoms with E-state index in [1.165, 1.54) is 12.7 Å². The number of allylic oxidation sites excluding steroid dienone is 2. The zero-order valence-electron chi connectivity index (χ0n) is 16.9. The zero-order chi connectivity index (χ0) is 19.2. The van der Waals surface area contributed by atoms with Crippen LogP contribution >= 0.6 is 0 Å². The first-order valence-corrected chi connectivity index (χ1v) is 12.6. The van der Waals surface area contributed by atoms with Crippen molar-refractivity contribution < 1.29 is 18.8 Å². The van der Waals surface area contributed by atoms with Crippen LogP contribution in [0, 0.1) is 5.92 Å². The Labute approximate surface area is 153 Å². The highest BCUT2D eigenvalue weighted by Gasteiger charge is 2.36. The number of methoxy groups -OCH3 is 1. The van der Waals surface area contributed by atoms with E-state index in [1.54, 1.807) is 0 Å². The molecule has 0 fully saturated rings. The molecule has 0 N–H and O–H groups in total. The van der Waals surface area contributed by atoms with E-state index >= 15 is 0 Å². The van der Waals surface area contributed by atoms with Gasteiger partial charge in [-0.05, 0) is 70.7 Å². The Morgan fingerprint density at radius 1 is 1.24 bits per heavy atom. The van der Waals surface area contributed by atoms with Gasteiger partial charge in [-0.25, -0.2) is 4.79 Å². The van der Waals surface area contributed by atoms with E-state index in [-0.39, 0.29) is 17.5 Å². The Kier molecular flexibility index (Phi) is 8.28. The largest absolute Gasteiger partial charge is 0.465 e. The summed E-state index contributed by atoms with van der Waals surface area (Å²) in [6.45, 7) is 12.9. The fourth-order valence-corrected chi connectivity index (χ4v) is 4.27. The zero-order valence-corrected chi connectivity index (χ0v) is 17.9. The number of hydrogen-bond acceptors (Lipinski definition) is 4. The molecule has 0 saturated heterocycles. The van der Waals surface area contributed by atoms with Gasteiger partial charge in [0.25, 0.3) is 0 Å². The number of hydrogen-bond donors (Lipinski definition) is 0. The number of ether oxygens (including phenoxy) is 1. The lowest BCUT2D eigenvalue weighted by Crippen LogP contribution is -2.34. The molecule has 0 saturated carbocycles. The third-order valence-electron chi connectivity index (χ3n) is 4.32. The second-order valence-electron chi connectivity index (χ2n) is 8.23. The highest BCUT2D eigenvalue weighted by atomic mass is 28.4. The van der Waals surface area contributed by atoms with Crippen LogP contribution in [-0.2, 0) is 18.8 Å². The molecule has 0 aromatic heterocycles. The van der Waals surface area contributed by atoms with E-state index in [9.17, 15) is 9.59 Å². The summed E-state index contributed by atoms with van der Waals surface area (Å²) in [7, 11) is -0.482. The van der Waals surface area contributed by atoms with Crippen LogP contribution in [0.4, 0.5) is 0 Å². The first-order valence-electron chi connectivity index (χ1n) is 9.21. The molecule has 0 amide bonds. The maximum Gasteiger partial charge on any atom is 0.341 e. The first-order chi connectivity index (χ1) is 11.5. The minimum absolute atomic E-state index is 0.108. The van der Waals surface area contributed by atoms with Gasteiger partial charge in [-0.2, -0.15) is 0 Å². The number of esters is 1. The highest BCUT2D eigenvalue weighted by Crippen LogP contribution is 2.33. The van der Waals surface area contributed by atoms with Gasteiger partial charge in [0.05, 0.1) is 13.2 Å². The molecule has 0 heterocycles. The van der Waals surface area contributed by atoms with Crippen LogP contribution in [-0.4, -0.2) is 33.3 Å². The molecule has 5 heteroatoms. The lowest BCUT2D eigenvalue weighted by Gasteiger charge is -2.30. The van der Waals surface area contributed by atoms with E-state index in [4.69, 9.17) is 9.16 Å². The van der Waals surface area contributed by atoms with Crippen molar-refractivity contribution in [2.24, 2.45) is 5.92 Å². The molecule has 142 valence electrons. The van der Waals surface area contributed by atoms with Gasteiger partial charge in [-0.15, -0.1) is 0 Å². The second kappa shape index (κ2) is 9.48. The Bertz CT molecular complexity index is 551. The van der Waals surface area contributed by atoms with Gasteiger partial charge in [-0.1, -0.05) is 18.6 Å². The van der Waals surface area contributed by atoms with Crippen LogP contribution < -0.4 is 0 Å². The van der Waals surface area contributed by atoms with Crippen molar-refractivity contribution in [3.63, 3.8) is 0 Å². The summed E-state index contributed by atoms with van der Waals surface area (Å²) in [4.78, 5) is 24.3. The summed E-state index contributed by atoms with van der Waals surface area (Å²) in [5.41, 5.74) is 2.43. The van der Waals surface area contributed by atoms with Crippen LogP contribution in [0.2, 0.25) is 19.6 Å². The highest BCUT2D eigenvalue weighted by molar-refractivity contribution is 6.69. The quantitative estimate of drug-likeness (QED) is 0.254. The summed E-state index contributed by atoms with van der Waals surface area (Å²) >= 11 is 0. The SMILES string of the molecule is COC(=O)C1=C([C@@H](C[C@H](C)CCC=C(C)C)O[Si](C)(C)C)CCC1=O. The maximum atomic E-state index is 12.2. The topological polar surface area (TPSA) is 52.6 Å². The van der Waals surface area contributed by atoms with Gasteiger partial charge in [0, 0.05) is 6.42 Å². The molecule has 0 radical (unpaired) electrons. The van der Waals surface area contributed by atoms with Crippen molar-refractivity contribution in [2.45, 2.75) is 78.6 Å². The van der Waals surface area contributed by atoms with Crippen LogP contribution in [0.15, 0.2) is 22.8 Å². The van der Waals surface area contributed by atoms with Gasteiger partial charge >= 0.3 is 5.97 Å². The second-order valence-corrected chi connectivity index (χ2v) is 12.7. The van der Waals surface area contributed by atoms with Crippen LogP contribution in [0.1, 0.15) is 52.9 Å². The Morgan fingerprint density at radius 3 is 2.40 bits per heavy atom. The smallest absolute Gasteiger partial charge is 0.341 e. The molecule has 25 heavy (non-hydrogen) atoms. The summed E-state index contributed by atoms with van der Waals surface area (Å²) < 4.78 is 11.2. The van der Waals surface area contributed by atoms with E-state index in [0.29, 0.717) is 18.8 Å². The summed E-state index contributed by atoms with van der Waals surface area (Å²) in [6, 6.07) is 0. The predicted octanol–water partition coefficient (Wildman–Crippen LogP) is 4.81. The minimum atomic E-state index is -1.81. The fourth-order valence-electron chi connectivity index (χ4n) is 3.17. The molecular formula is C20H34O4Si. The molecule has 0 unspecified atom stereocenters. The number of carbonyl (C=O) groups is 2. The lowest BCUT2D eigenvalue weighted by molar-refractivity contribution is -0.137. The molecule has 1 aliphatic rings. The predicted molar refractivity (Wildman–Crippen MR) is 104 cm³/mol. The number of Topliss-reactive ketones (excluding diaryl/α,β-unsaturated/α-hetero) is 1. The Morgan fingerprint density at radius 2 is 1.88 bits per heavy atom. The molecule has 2 atom stereocenters. The normalized spacial score (nSPS) is 17.5. The van der Waals surface area contributed by atoms with E-state index < -0.39 is 14.3 Å². The third kappa shape index (κ3) is 7.28. The van der Waals surface area contributed by atoms with E-state index in [1.807, 2.05) is 0 Å². The van der Waals surface area contributed by atoms with Gasteiger partial charge in [0.2, 0.25) is 0 Å². The van der Waals surface area contributed by atoms with Gasteiger partial charge in [0.1, 0.15) is 5.57 Å². The van der Waals surface area contributed by atoms with Crippen molar-refractivity contribution in [1.82, 2.24) is 0 Å². The maximum absolute atomic E-state index is 12.2. The lowest BCUT2D eigenvalue weighted by atomic mass is 9.92. The molecule has 1 rings (SSSR count). The summed E-state index contributed by atoms with van der Waals surface area (Å²) in [6.07, 6.45) is 6.05. The molecule has 0 aromatic carbocycles. The number of rotatable bonds is 9. The van der Waals surface area contributed by atoms with Gasteiger partial charge < -0.3 is 9.16 Å². The van der Waals surface area contributed by atoms with Crippen molar-refractivity contribution in [3.8, 4) is 0 Å². The third-order valence-corrected chi connectivity index (χ3v) is 5.32. The summed E-state index contributed by atoms with van der Waals surface area (Å²) in [5.74, 6) is -0.166. The average Bonchev–Trinajstić information content (AvgIpc) is 2.85. The fraction of sp³-hybridized carbons (Fsp3) is 0.700. The number of carbonyl (C=O) groups excluding carboxylic acids is 2. The minimum Gasteiger partial charge on any atom is -0.465 e. The van der Waals surface area contributed by atoms with Crippen molar-refractivity contribution >= 4 is 20.1 Å². The van der Waals surface area contributed by atoms with E-state index in [2.05, 4.69) is 46.5 Å². The van der Waals surface area contributed by atoms with Crippen molar-refractivity contribution in [1.29, 1.82) is 0 Å². The molecule has 0 bridgehead atoms. The van der Waals surface area contributed by atoms with Crippen molar-refractivity contribution in [2.75, 3.05) is 7.11 Å². The molecule has 4 nitrogen and oxygen atoms in total. The molecule has 0 aliphatic heterocycles. The van der Waals surface area contributed by atoms with Crippen LogP contribution in [0.3, 0.4) is 0 Å². The standard InChI is InChI=1S/C20H34O4Si/c1-14(2)9-8-10-15(3)13-18(24-25(5,6)7)16-11-12-17(21)19(16)20(22)23-4/h9,15,18H,8,10-13H2,1-7H3/t15-,18-/m1/s1. The molecule has 0 aromatic rings. The number of ketones is 1. The van der Waals surface area contributed by atoms with Crippen LogP contribution in [0.5, 0.6) is 0 Å². The Balaban J connectivity index is 3.00.